The average Bonchev–Trinajstić information content (AvgIpc) is 3.33. The van der Waals surface area contributed by atoms with Crippen LogP contribution in [0.1, 0.15) is 23.1 Å². The van der Waals surface area contributed by atoms with Crippen LogP contribution in [0.2, 0.25) is 0 Å². The molecule has 1 fully saturated rings. The first-order valence-electron chi connectivity index (χ1n) is 10.5. The summed E-state index contributed by atoms with van der Waals surface area (Å²) in [6.07, 6.45) is 2.19. The summed E-state index contributed by atoms with van der Waals surface area (Å²) in [4.78, 5) is 15.1. The number of methoxy groups -OCH3 is 2. The smallest absolute Gasteiger partial charge is 0.227 e. The first kappa shape index (κ1) is 22.2. The van der Waals surface area contributed by atoms with Crippen molar-refractivity contribution in [2.75, 3.05) is 25.7 Å². The highest BCUT2D eigenvalue weighted by Crippen LogP contribution is 2.30. The van der Waals surface area contributed by atoms with Crippen molar-refractivity contribution >= 4 is 26.7 Å². The van der Waals surface area contributed by atoms with Crippen LogP contribution in [0.5, 0.6) is 11.5 Å². The Hall–Kier alpha value is -3.00. The Morgan fingerprint density at radius 1 is 1.12 bits per heavy atom. The van der Waals surface area contributed by atoms with Gasteiger partial charge in [0.1, 0.15) is 5.58 Å². The fourth-order valence-electron chi connectivity index (χ4n) is 4.21. The molecule has 1 aliphatic rings. The molecule has 3 aromatic rings. The molecule has 170 valence electrons. The van der Waals surface area contributed by atoms with Crippen LogP contribution in [0, 0.1) is 6.92 Å². The monoisotopic (exact) mass is 457 g/mol. The first-order chi connectivity index (χ1) is 15.3. The molecule has 1 saturated heterocycles. The van der Waals surface area contributed by atoms with Gasteiger partial charge in [-0.05, 0) is 43.2 Å². The standard InChI is InChI=1S/C24H27NO6S/c1-16-4-6-21-20(10-16)18(14-31-21)12-24(26)25(19-8-9-32(27,28)15-19)13-17-5-7-22(29-2)23(11-17)30-3/h4-7,10-11,14,19H,8-9,12-13,15H2,1-3H3. The van der Waals surface area contributed by atoms with Gasteiger partial charge in [0.25, 0.3) is 0 Å². The fraction of sp³-hybridized carbons (Fsp3) is 0.375. The zero-order chi connectivity index (χ0) is 22.9. The average molecular weight is 458 g/mol. The van der Waals surface area contributed by atoms with E-state index in [-0.39, 0.29) is 36.4 Å². The highest BCUT2D eigenvalue weighted by atomic mass is 32.2. The summed E-state index contributed by atoms with van der Waals surface area (Å²) < 4.78 is 40.6. The Kier molecular flexibility index (Phi) is 6.15. The number of carbonyl (C=O) groups is 1. The number of ether oxygens (including phenoxy) is 2. The number of amides is 1. The topological polar surface area (TPSA) is 86.0 Å². The third-order valence-corrected chi connectivity index (χ3v) is 7.67. The molecule has 2 aromatic carbocycles. The second kappa shape index (κ2) is 8.86. The number of fused-ring (bicyclic) bond motifs is 1. The predicted octanol–water partition coefficient (Wildman–Crippen LogP) is 3.52. The maximum Gasteiger partial charge on any atom is 0.227 e. The maximum atomic E-state index is 13.5. The van der Waals surface area contributed by atoms with Crippen LogP contribution in [0.15, 0.2) is 47.1 Å². The normalized spacial score (nSPS) is 17.4. The molecule has 1 amide bonds. The lowest BCUT2D eigenvalue weighted by Gasteiger charge is -2.29. The summed E-state index contributed by atoms with van der Waals surface area (Å²) >= 11 is 0. The Balaban J connectivity index is 1.63. The van der Waals surface area contributed by atoms with Crippen molar-refractivity contribution in [2.24, 2.45) is 0 Å². The molecule has 0 spiro atoms. The molecule has 32 heavy (non-hydrogen) atoms. The van der Waals surface area contributed by atoms with Crippen LogP contribution in [0.3, 0.4) is 0 Å². The Morgan fingerprint density at radius 3 is 2.59 bits per heavy atom. The van der Waals surface area contributed by atoms with Crippen LogP contribution in [0.4, 0.5) is 0 Å². The van der Waals surface area contributed by atoms with Gasteiger partial charge in [0.05, 0.1) is 38.4 Å². The number of furan rings is 1. The van der Waals surface area contributed by atoms with E-state index in [2.05, 4.69) is 0 Å². The van der Waals surface area contributed by atoms with E-state index in [4.69, 9.17) is 13.9 Å². The Labute approximate surface area is 187 Å². The van der Waals surface area contributed by atoms with Crippen LogP contribution >= 0.6 is 0 Å². The molecule has 1 aliphatic heterocycles. The van der Waals surface area contributed by atoms with Gasteiger partial charge in [0.2, 0.25) is 5.91 Å². The second-order valence-electron chi connectivity index (χ2n) is 8.21. The molecule has 0 radical (unpaired) electrons. The minimum atomic E-state index is -3.15. The molecular weight excluding hydrogens is 430 g/mol. The van der Waals surface area contributed by atoms with Crippen LogP contribution in [-0.4, -0.2) is 51.0 Å². The molecule has 0 aliphatic carbocycles. The van der Waals surface area contributed by atoms with E-state index in [9.17, 15) is 13.2 Å². The van der Waals surface area contributed by atoms with Crippen molar-refractivity contribution in [2.45, 2.75) is 32.4 Å². The van der Waals surface area contributed by atoms with Gasteiger partial charge >= 0.3 is 0 Å². The van der Waals surface area contributed by atoms with E-state index < -0.39 is 9.84 Å². The molecule has 7 nitrogen and oxygen atoms in total. The Morgan fingerprint density at radius 2 is 1.91 bits per heavy atom. The molecule has 2 heterocycles. The van der Waals surface area contributed by atoms with E-state index >= 15 is 0 Å². The highest BCUT2D eigenvalue weighted by molar-refractivity contribution is 7.91. The highest BCUT2D eigenvalue weighted by Gasteiger charge is 2.35. The van der Waals surface area contributed by atoms with E-state index in [1.54, 1.807) is 31.4 Å². The molecule has 1 unspecified atom stereocenters. The van der Waals surface area contributed by atoms with Crippen LogP contribution < -0.4 is 9.47 Å². The van der Waals surface area contributed by atoms with E-state index in [1.807, 2.05) is 37.3 Å². The number of rotatable bonds is 7. The number of benzene rings is 2. The lowest BCUT2D eigenvalue weighted by atomic mass is 10.1. The summed E-state index contributed by atoms with van der Waals surface area (Å²) in [5.74, 6) is 1.11. The molecule has 0 N–H and O–H groups in total. The number of carbonyl (C=O) groups excluding carboxylic acids is 1. The van der Waals surface area contributed by atoms with Crippen LogP contribution in [0.25, 0.3) is 11.0 Å². The third-order valence-electron chi connectivity index (χ3n) is 5.92. The number of aryl methyl sites for hydroxylation is 1. The van der Waals surface area contributed by atoms with Crippen molar-refractivity contribution < 1.29 is 27.1 Å². The first-order valence-corrected chi connectivity index (χ1v) is 12.3. The number of hydrogen-bond acceptors (Lipinski definition) is 6. The van der Waals surface area contributed by atoms with Crippen molar-refractivity contribution in [1.29, 1.82) is 0 Å². The fourth-order valence-corrected chi connectivity index (χ4v) is 5.95. The zero-order valence-corrected chi connectivity index (χ0v) is 19.3. The molecule has 1 aromatic heterocycles. The van der Waals surface area contributed by atoms with Crippen molar-refractivity contribution in [3.8, 4) is 11.5 Å². The second-order valence-corrected chi connectivity index (χ2v) is 10.4. The number of hydrogen-bond donors (Lipinski definition) is 0. The molecule has 4 rings (SSSR count). The maximum absolute atomic E-state index is 13.5. The number of sulfone groups is 1. The van der Waals surface area contributed by atoms with Crippen molar-refractivity contribution in [3.05, 3.63) is 59.4 Å². The minimum absolute atomic E-state index is 0.0166. The SMILES string of the molecule is COc1ccc(CN(C(=O)Cc2coc3ccc(C)cc23)C2CCS(=O)(=O)C2)cc1OC. The minimum Gasteiger partial charge on any atom is -0.493 e. The van der Waals surface area contributed by atoms with Crippen molar-refractivity contribution in [3.63, 3.8) is 0 Å². The summed E-state index contributed by atoms with van der Waals surface area (Å²) in [6.45, 7) is 2.28. The summed E-state index contributed by atoms with van der Waals surface area (Å²) in [7, 11) is -0.0303. The lowest BCUT2D eigenvalue weighted by Crippen LogP contribution is -2.41. The summed E-state index contributed by atoms with van der Waals surface area (Å²) in [5, 5.41) is 0.906. The van der Waals surface area contributed by atoms with Gasteiger partial charge in [-0.25, -0.2) is 8.42 Å². The molecule has 8 heteroatoms. The van der Waals surface area contributed by atoms with Gasteiger partial charge in [-0.2, -0.15) is 0 Å². The molecule has 0 bridgehead atoms. The lowest BCUT2D eigenvalue weighted by molar-refractivity contribution is -0.133. The van der Waals surface area contributed by atoms with E-state index in [0.29, 0.717) is 17.9 Å². The van der Waals surface area contributed by atoms with Gasteiger partial charge in [-0.1, -0.05) is 17.7 Å². The molecule has 0 saturated carbocycles. The Bertz CT molecular complexity index is 1250. The zero-order valence-electron chi connectivity index (χ0n) is 18.5. The third kappa shape index (κ3) is 4.60. The van der Waals surface area contributed by atoms with E-state index in [0.717, 1.165) is 27.7 Å². The van der Waals surface area contributed by atoms with Gasteiger partial charge < -0.3 is 18.8 Å². The van der Waals surface area contributed by atoms with Gasteiger partial charge in [0.15, 0.2) is 21.3 Å². The number of nitrogens with zero attached hydrogens (tertiary/aromatic N) is 1. The van der Waals surface area contributed by atoms with Gasteiger partial charge in [0, 0.05) is 23.5 Å². The van der Waals surface area contributed by atoms with Crippen molar-refractivity contribution in [1.82, 2.24) is 4.90 Å². The summed E-state index contributed by atoms with van der Waals surface area (Å²) in [6, 6.07) is 11.0. The largest absolute Gasteiger partial charge is 0.493 e. The van der Waals surface area contributed by atoms with E-state index in [1.165, 1.54) is 0 Å². The van der Waals surface area contributed by atoms with Crippen LogP contribution in [-0.2, 0) is 27.6 Å². The molecule has 1 atom stereocenters. The molecular formula is C24H27NO6S. The van der Waals surface area contributed by atoms with Gasteiger partial charge in [-0.15, -0.1) is 0 Å². The summed E-state index contributed by atoms with van der Waals surface area (Å²) in [5.41, 5.74) is 3.45. The van der Waals surface area contributed by atoms with Gasteiger partial charge in [-0.3, -0.25) is 4.79 Å². The quantitative estimate of drug-likeness (QED) is 0.540. The predicted molar refractivity (Wildman–Crippen MR) is 122 cm³/mol.